The summed E-state index contributed by atoms with van der Waals surface area (Å²) in [5.74, 6) is 0.952. The molecule has 1 saturated heterocycles. The van der Waals surface area contributed by atoms with E-state index < -0.39 is 0 Å². The Morgan fingerprint density at radius 3 is 3.12 bits per heavy atom. The van der Waals surface area contributed by atoms with Crippen molar-refractivity contribution in [3.63, 3.8) is 0 Å². The summed E-state index contributed by atoms with van der Waals surface area (Å²) in [7, 11) is 0. The number of nitrogens with one attached hydrogen (secondary N) is 1. The van der Waals surface area contributed by atoms with Gasteiger partial charge in [0.1, 0.15) is 0 Å². The zero-order valence-corrected chi connectivity index (χ0v) is 9.91. The van der Waals surface area contributed by atoms with Crippen molar-refractivity contribution in [1.29, 1.82) is 0 Å². The highest BCUT2D eigenvalue weighted by atomic mass is 15.5. The minimum Gasteiger partial charge on any atom is -0.350 e. The summed E-state index contributed by atoms with van der Waals surface area (Å²) in [6, 6.07) is 0.862. The van der Waals surface area contributed by atoms with E-state index in [1.165, 1.54) is 0 Å². The Labute approximate surface area is 98.8 Å². The molecule has 7 nitrogen and oxygen atoms in total. The fraction of sp³-hybridized carbons (Fsp3) is 0.600. The quantitative estimate of drug-likeness (QED) is 0.729. The molecule has 17 heavy (non-hydrogen) atoms. The maximum atomic E-state index is 4.19. The summed E-state index contributed by atoms with van der Waals surface area (Å²) in [5, 5.41) is 15.1. The number of tetrazole rings is 1. The van der Waals surface area contributed by atoms with E-state index in [9.17, 15) is 0 Å². The predicted octanol–water partition coefficient (Wildman–Crippen LogP) is -0.294. The molecule has 90 valence electrons. The van der Waals surface area contributed by atoms with Gasteiger partial charge in [-0.05, 0) is 24.3 Å². The Morgan fingerprint density at radius 2 is 2.24 bits per heavy atom. The molecule has 2 aromatic rings. The van der Waals surface area contributed by atoms with Gasteiger partial charge >= 0.3 is 0 Å². The molecule has 3 heterocycles. The van der Waals surface area contributed by atoms with Crippen LogP contribution in [0.2, 0.25) is 0 Å². The Morgan fingerprint density at radius 1 is 1.35 bits per heavy atom. The summed E-state index contributed by atoms with van der Waals surface area (Å²) in [4.78, 5) is 6.48. The standard InChI is InChI=1S/C10H15N7/c1-7-6-16(8(2)3-12-7)10-5-11-4-9-13-14-15-17(9)10/h4-5,7-8,12H,3,6H2,1-2H3. The Hall–Kier alpha value is -1.76. The predicted molar refractivity (Wildman–Crippen MR) is 62.8 cm³/mol. The smallest absolute Gasteiger partial charge is 0.199 e. The first-order valence-corrected chi connectivity index (χ1v) is 5.78. The Bertz CT molecular complexity index is 522. The minimum atomic E-state index is 0.405. The number of rotatable bonds is 1. The van der Waals surface area contributed by atoms with Gasteiger partial charge < -0.3 is 10.2 Å². The van der Waals surface area contributed by atoms with Crippen LogP contribution < -0.4 is 10.2 Å². The Balaban J connectivity index is 2.04. The van der Waals surface area contributed by atoms with E-state index in [0.29, 0.717) is 17.7 Å². The fourth-order valence-electron chi connectivity index (χ4n) is 2.20. The van der Waals surface area contributed by atoms with Crippen molar-refractivity contribution in [2.75, 3.05) is 18.0 Å². The first kappa shape index (κ1) is 10.4. The molecular formula is C10H15N7. The lowest BCUT2D eigenvalue weighted by Gasteiger charge is -2.38. The van der Waals surface area contributed by atoms with Gasteiger partial charge in [-0.15, -0.1) is 5.10 Å². The molecule has 7 heteroatoms. The van der Waals surface area contributed by atoms with Crippen LogP contribution in [0.4, 0.5) is 5.82 Å². The molecule has 2 atom stereocenters. The van der Waals surface area contributed by atoms with Crippen LogP contribution in [0.1, 0.15) is 13.8 Å². The molecule has 2 aromatic heterocycles. The lowest BCUT2D eigenvalue weighted by atomic mass is 10.1. The van der Waals surface area contributed by atoms with Crippen molar-refractivity contribution in [3.8, 4) is 0 Å². The maximum absolute atomic E-state index is 4.19. The molecule has 1 aliphatic rings. The molecule has 3 rings (SSSR count). The second kappa shape index (κ2) is 3.92. The molecule has 0 amide bonds. The van der Waals surface area contributed by atoms with Gasteiger partial charge in [0.05, 0.1) is 12.4 Å². The molecule has 0 radical (unpaired) electrons. The average molecular weight is 233 g/mol. The van der Waals surface area contributed by atoms with Gasteiger partial charge in [-0.25, -0.2) is 0 Å². The summed E-state index contributed by atoms with van der Waals surface area (Å²) in [6.45, 7) is 6.25. The van der Waals surface area contributed by atoms with Crippen LogP contribution in [-0.2, 0) is 0 Å². The van der Waals surface area contributed by atoms with Gasteiger partial charge in [0.15, 0.2) is 11.5 Å². The molecule has 1 aliphatic heterocycles. The van der Waals surface area contributed by atoms with Crippen molar-refractivity contribution in [2.24, 2.45) is 0 Å². The molecule has 1 fully saturated rings. The van der Waals surface area contributed by atoms with E-state index in [-0.39, 0.29) is 0 Å². The van der Waals surface area contributed by atoms with Gasteiger partial charge in [-0.2, -0.15) is 4.52 Å². The second-order valence-electron chi connectivity index (χ2n) is 4.53. The number of aromatic nitrogens is 5. The van der Waals surface area contributed by atoms with Gasteiger partial charge in [0.2, 0.25) is 0 Å². The molecule has 0 spiro atoms. The SMILES string of the molecule is CC1CN(c2cncc3nnnn23)C(C)CN1. The molecule has 1 N–H and O–H groups in total. The van der Waals surface area contributed by atoms with Gasteiger partial charge in [-0.3, -0.25) is 4.98 Å². The first-order valence-electron chi connectivity index (χ1n) is 5.78. The minimum absolute atomic E-state index is 0.405. The molecule has 0 bridgehead atoms. The van der Waals surface area contributed by atoms with Gasteiger partial charge in [-0.1, -0.05) is 0 Å². The van der Waals surface area contributed by atoms with Crippen molar-refractivity contribution >= 4 is 11.5 Å². The number of anilines is 1. The molecule has 0 aliphatic carbocycles. The summed E-state index contributed by atoms with van der Waals surface area (Å²) in [5.41, 5.74) is 0.681. The van der Waals surface area contributed by atoms with Crippen LogP contribution >= 0.6 is 0 Å². The highest BCUT2D eigenvalue weighted by Crippen LogP contribution is 2.18. The Kier molecular flexibility index (Phi) is 2.40. The summed E-state index contributed by atoms with van der Waals surface area (Å²) >= 11 is 0. The second-order valence-corrected chi connectivity index (χ2v) is 4.53. The van der Waals surface area contributed by atoms with E-state index in [4.69, 9.17) is 0 Å². The molecule has 2 unspecified atom stereocenters. The number of hydrogen-bond donors (Lipinski definition) is 1. The lowest BCUT2D eigenvalue weighted by molar-refractivity contribution is 0.420. The van der Waals surface area contributed by atoms with Crippen LogP contribution in [0.3, 0.4) is 0 Å². The van der Waals surface area contributed by atoms with Crippen molar-refractivity contribution in [1.82, 2.24) is 30.3 Å². The van der Waals surface area contributed by atoms with Crippen molar-refractivity contribution in [3.05, 3.63) is 12.4 Å². The maximum Gasteiger partial charge on any atom is 0.199 e. The zero-order chi connectivity index (χ0) is 11.8. The van der Waals surface area contributed by atoms with Crippen LogP contribution in [0.15, 0.2) is 12.4 Å². The van der Waals surface area contributed by atoms with Gasteiger partial charge in [0, 0.05) is 25.2 Å². The third kappa shape index (κ3) is 1.72. The van der Waals surface area contributed by atoms with E-state index >= 15 is 0 Å². The highest BCUT2D eigenvalue weighted by Gasteiger charge is 2.24. The lowest BCUT2D eigenvalue weighted by Crippen LogP contribution is -2.55. The summed E-state index contributed by atoms with van der Waals surface area (Å²) < 4.78 is 1.74. The van der Waals surface area contributed by atoms with E-state index in [0.717, 1.165) is 18.9 Å². The highest BCUT2D eigenvalue weighted by molar-refractivity contribution is 5.47. The first-order chi connectivity index (χ1) is 8.25. The molecular weight excluding hydrogens is 218 g/mol. The van der Waals surface area contributed by atoms with Crippen LogP contribution in [-0.4, -0.2) is 50.2 Å². The van der Waals surface area contributed by atoms with E-state index in [1.54, 1.807) is 10.7 Å². The fourth-order valence-corrected chi connectivity index (χ4v) is 2.20. The number of hydrogen-bond acceptors (Lipinski definition) is 6. The third-order valence-corrected chi connectivity index (χ3v) is 3.15. The number of nitrogens with zero attached hydrogens (tertiary/aromatic N) is 6. The monoisotopic (exact) mass is 233 g/mol. The largest absolute Gasteiger partial charge is 0.350 e. The van der Waals surface area contributed by atoms with Crippen molar-refractivity contribution in [2.45, 2.75) is 25.9 Å². The normalized spacial score (nSPS) is 25.4. The third-order valence-electron chi connectivity index (χ3n) is 3.15. The average Bonchev–Trinajstić information content (AvgIpc) is 2.80. The van der Waals surface area contributed by atoms with Crippen molar-refractivity contribution < 1.29 is 0 Å². The number of fused-ring (bicyclic) bond motifs is 1. The molecule has 0 saturated carbocycles. The van der Waals surface area contributed by atoms with Crippen LogP contribution in [0, 0.1) is 0 Å². The zero-order valence-electron chi connectivity index (χ0n) is 9.91. The van der Waals surface area contributed by atoms with E-state index in [1.807, 2.05) is 6.20 Å². The number of piperazine rings is 1. The molecule has 0 aromatic carbocycles. The van der Waals surface area contributed by atoms with E-state index in [2.05, 4.69) is 44.6 Å². The van der Waals surface area contributed by atoms with Crippen LogP contribution in [0.5, 0.6) is 0 Å². The van der Waals surface area contributed by atoms with Crippen LogP contribution in [0.25, 0.3) is 5.65 Å². The summed E-state index contributed by atoms with van der Waals surface area (Å²) in [6.07, 6.45) is 3.48. The van der Waals surface area contributed by atoms with Gasteiger partial charge in [0.25, 0.3) is 0 Å². The topological polar surface area (TPSA) is 71.2 Å².